The van der Waals surface area contributed by atoms with Crippen LogP contribution in [0.4, 0.5) is 0 Å². The van der Waals surface area contributed by atoms with E-state index in [1.54, 1.807) is 11.3 Å². The fourth-order valence-corrected chi connectivity index (χ4v) is 2.81. The predicted octanol–water partition coefficient (Wildman–Crippen LogP) is 4.16. The van der Waals surface area contributed by atoms with Crippen LogP contribution in [-0.2, 0) is 0 Å². The summed E-state index contributed by atoms with van der Waals surface area (Å²) < 4.78 is 1.27. The van der Waals surface area contributed by atoms with Gasteiger partial charge >= 0.3 is 0 Å². The van der Waals surface area contributed by atoms with Gasteiger partial charge in [0, 0.05) is 4.70 Å². The second-order valence-electron chi connectivity index (χ2n) is 4.04. The highest BCUT2D eigenvalue weighted by atomic mass is 32.1. The largest absolute Gasteiger partial charge is 0.198 e. The van der Waals surface area contributed by atoms with Gasteiger partial charge in [0.2, 0.25) is 0 Å². The number of hydrogen-bond donors (Lipinski definition) is 0. The number of fused-ring (bicyclic) bond motifs is 1. The summed E-state index contributed by atoms with van der Waals surface area (Å²) in [5.41, 5.74) is 1.19. The van der Waals surface area contributed by atoms with Crippen molar-refractivity contribution in [2.24, 2.45) is 5.92 Å². The molecule has 0 radical (unpaired) electrons. The predicted molar refractivity (Wildman–Crippen MR) is 65.0 cm³/mol. The monoisotopic (exact) mass is 215 g/mol. The molecule has 0 saturated heterocycles. The summed E-state index contributed by atoms with van der Waals surface area (Å²) in [7, 11) is 0. The minimum Gasteiger partial charge on any atom is -0.198 e. The van der Waals surface area contributed by atoms with Crippen LogP contribution in [0.3, 0.4) is 0 Å². The molecule has 2 rings (SSSR count). The molecule has 0 aliphatic carbocycles. The number of nitriles is 1. The fourth-order valence-electron chi connectivity index (χ4n) is 1.82. The van der Waals surface area contributed by atoms with E-state index in [0.29, 0.717) is 5.92 Å². The zero-order chi connectivity index (χ0) is 10.8. The Morgan fingerprint density at radius 3 is 2.67 bits per heavy atom. The molecule has 1 atom stereocenters. The molecule has 1 unspecified atom stereocenters. The summed E-state index contributed by atoms with van der Waals surface area (Å²) in [6, 6.07) is 10.7. The van der Waals surface area contributed by atoms with Gasteiger partial charge in [-0.1, -0.05) is 32.0 Å². The number of nitrogens with zero attached hydrogens (tertiary/aromatic N) is 1. The number of thiophene rings is 1. The number of rotatable bonds is 2. The molecule has 0 aliphatic rings. The molecule has 0 aliphatic heterocycles. The molecule has 2 aromatic rings. The molecule has 0 N–H and O–H groups in total. The van der Waals surface area contributed by atoms with Crippen molar-refractivity contribution in [3.8, 4) is 6.07 Å². The molecular formula is C13H13NS. The minimum absolute atomic E-state index is 0.0150. The van der Waals surface area contributed by atoms with E-state index in [-0.39, 0.29) is 5.92 Å². The van der Waals surface area contributed by atoms with Gasteiger partial charge in [0.05, 0.1) is 12.0 Å². The van der Waals surface area contributed by atoms with Gasteiger partial charge in [0.1, 0.15) is 0 Å². The Morgan fingerprint density at radius 2 is 2.00 bits per heavy atom. The lowest BCUT2D eigenvalue weighted by Crippen LogP contribution is -2.02. The summed E-state index contributed by atoms with van der Waals surface area (Å²) >= 11 is 1.72. The van der Waals surface area contributed by atoms with Crippen LogP contribution < -0.4 is 0 Å². The summed E-state index contributed by atoms with van der Waals surface area (Å²) in [6.07, 6.45) is 0. The highest BCUT2D eigenvalue weighted by Gasteiger charge is 2.18. The highest BCUT2D eigenvalue weighted by Crippen LogP contribution is 2.34. The third-order valence-corrected chi connectivity index (χ3v) is 3.63. The maximum absolute atomic E-state index is 9.18. The van der Waals surface area contributed by atoms with Crippen LogP contribution in [0.2, 0.25) is 0 Å². The summed E-state index contributed by atoms with van der Waals surface area (Å²) in [5, 5.41) is 12.5. The number of hydrogen-bond acceptors (Lipinski definition) is 2. The van der Waals surface area contributed by atoms with E-state index in [9.17, 15) is 5.26 Å². The molecule has 15 heavy (non-hydrogen) atoms. The van der Waals surface area contributed by atoms with Crippen LogP contribution >= 0.6 is 11.3 Å². The van der Waals surface area contributed by atoms with E-state index in [4.69, 9.17) is 0 Å². The van der Waals surface area contributed by atoms with Crippen molar-refractivity contribution in [2.75, 3.05) is 0 Å². The third kappa shape index (κ3) is 1.75. The van der Waals surface area contributed by atoms with Crippen LogP contribution in [0.1, 0.15) is 25.3 Å². The van der Waals surface area contributed by atoms with E-state index < -0.39 is 0 Å². The average Bonchev–Trinajstić information content (AvgIpc) is 2.63. The summed E-state index contributed by atoms with van der Waals surface area (Å²) in [6.45, 7) is 4.20. The first-order valence-corrected chi connectivity index (χ1v) is 5.97. The third-order valence-electron chi connectivity index (χ3n) is 2.65. The molecule has 76 valence electrons. The van der Waals surface area contributed by atoms with E-state index in [0.717, 1.165) is 0 Å². The minimum atomic E-state index is 0.0150. The van der Waals surface area contributed by atoms with Crippen molar-refractivity contribution in [3.63, 3.8) is 0 Å². The van der Waals surface area contributed by atoms with Gasteiger partial charge in [-0.3, -0.25) is 0 Å². The fraction of sp³-hybridized carbons (Fsp3) is 0.308. The highest BCUT2D eigenvalue weighted by molar-refractivity contribution is 7.17. The standard InChI is InChI=1S/C13H13NS/c1-9(2)11(7-14)12-8-15-13-6-4-3-5-10(12)13/h3-6,8-9,11H,1-2H3. The lowest BCUT2D eigenvalue weighted by molar-refractivity contribution is 0.591. The molecular weight excluding hydrogens is 202 g/mol. The Balaban J connectivity index is 2.57. The molecule has 1 aromatic heterocycles. The summed E-state index contributed by atoms with van der Waals surface area (Å²) in [4.78, 5) is 0. The molecule has 0 fully saturated rings. The normalized spacial score (nSPS) is 12.9. The van der Waals surface area contributed by atoms with Crippen LogP contribution in [0.15, 0.2) is 29.6 Å². The van der Waals surface area contributed by atoms with Crippen LogP contribution in [0.5, 0.6) is 0 Å². The maximum Gasteiger partial charge on any atom is 0.0749 e. The molecule has 2 heteroatoms. The van der Waals surface area contributed by atoms with Crippen LogP contribution in [-0.4, -0.2) is 0 Å². The topological polar surface area (TPSA) is 23.8 Å². The van der Waals surface area contributed by atoms with Crippen molar-refractivity contribution < 1.29 is 0 Å². The van der Waals surface area contributed by atoms with E-state index in [2.05, 4.69) is 37.4 Å². The van der Waals surface area contributed by atoms with Crippen molar-refractivity contribution in [1.29, 1.82) is 5.26 Å². The van der Waals surface area contributed by atoms with E-state index >= 15 is 0 Å². The zero-order valence-electron chi connectivity index (χ0n) is 8.90. The van der Waals surface area contributed by atoms with Gasteiger partial charge in [0.25, 0.3) is 0 Å². The van der Waals surface area contributed by atoms with Crippen LogP contribution in [0.25, 0.3) is 10.1 Å². The maximum atomic E-state index is 9.18. The Labute approximate surface area is 94.0 Å². The zero-order valence-corrected chi connectivity index (χ0v) is 9.71. The van der Waals surface area contributed by atoms with Crippen molar-refractivity contribution in [2.45, 2.75) is 19.8 Å². The molecule has 0 amide bonds. The first-order chi connectivity index (χ1) is 7.24. The molecule has 1 aromatic carbocycles. The summed E-state index contributed by atoms with van der Waals surface area (Å²) in [5.74, 6) is 0.383. The molecule has 1 nitrogen and oxygen atoms in total. The molecule has 0 spiro atoms. The lowest BCUT2D eigenvalue weighted by atomic mass is 9.90. The second kappa shape index (κ2) is 4.04. The molecule has 0 saturated carbocycles. The smallest absolute Gasteiger partial charge is 0.0749 e. The average molecular weight is 215 g/mol. The number of benzene rings is 1. The van der Waals surface area contributed by atoms with Gasteiger partial charge in [-0.2, -0.15) is 5.26 Å². The van der Waals surface area contributed by atoms with Gasteiger partial charge in [-0.25, -0.2) is 0 Å². The van der Waals surface area contributed by atoms with Gasteiger partial charge in [-0.05, 0) is 28.3 Å². The quantitative estimate of drug-likeness (QED) is 0.737. The lowest BCUT2D eigenvalue weighted by Gasteiger charge is -2.11. The Morgan fingerprint density at radius 1 is 1.27 bits per heavy atom. The Hall–Kier alpha value is -1.33. The van der Waals surface area contributed by atoms with Crippen molar-refractivity contribution >= 4 is 21.4 Å². The first-order valence-electron chi connectivity index (χ1n) is 5.09. The van der Waals surface area contributed by atoms with E-state index in [1.807, 2.05) is 12.1 Å². The Kier molecular flexibility index (Phi) is 2.75. The van der Waals surface area contributed by atoms with Crippen molar-refractivity contribution in [3.05, 3.63) is 35.2 Å². The Bertz CT molecular complexity index is 504. The molecule has 1 heterocycles. The van der Waals surface area contributed by atoms with Crippen molar-refractivity contribution in [1.82, 2.24) is 0 Å². The second-order valence-corrected chi connectivity index (χ2v) is 4.95. The van der Waals surface area contributed by atoms with E-state index in [1.165, 1.54) is 15.6 Å². The molecule has 0 bridgehead atoms. The van der Waals surface area contributed by atoms with Crippen LogP contribution in [0, 0.1) is 17.2 Å². The van der Waals surface area contributed by atoms with Gasteiger partial charge in [-0.15, -0.1) is 11.3 Å². The van der Waals surface area contributed by atoms with Gasteiger partial charge in [0.15, 0.2) is 0 Å². The van der Waals surface area contributed by atoms with Gasteiger partial charge < -0.3 is 0 Å². The SMILES string of the molecule is CC(C)C(C#N)c1csc2ccccc12. The first kappa shape index (κ1) is 10.2.